The molecule has 0 atom stereocenters. The second-order valence-electron chi connectivity index (χ2n) is 5.85. The number of benzene rings is 2. The minimum absolute atomic E-state index is 0.0302. The first-order valence-electron chi connectivity index (χ1n) is 7.55. The predicted octanol–water partition coefficient (Wildman–Crippen LogP) is 3.34. The molecule has 0 spiro atoms. The van der Waals surface area contributed by atoms with Crippen molar-refractivity contribution in [3.63, 3.8) is 0 Å². The Bertz CT molecular complexity index is 892. The SMILES string of the molecule is Cc1ccc(NS(=O)(=O)c2cccc(C(=O)NC3CC3)c2)cc1Cl. The van der Waals surface area contributed by atoms with Crippen molar-refractivity contribution in [1.29, 1.82) is 0 Å². The van der Waals surface area contributed by atoms with Crippen LogP contribution >= 0.6 is 11.6 Å². The number of amides is 1. The summed E-state index contributed by atoms with van der Waals surface area (Å²) in [6.07, 6.45) is 1.94. The van der Waals surface area contributed by atoms with Gasteiger partial charge in [-0.05, 0) is 55.7 Å². The maximum absolute atomic E-state index is 12.5. The van der Waals surface area contributed by atoms with Gasteiger partial charge >= 0.3 is 0 Å². The van der Waals surface area contributed by atoms with Crippen LogP contribution in [0.3, 0.4) is 0 Å². The zero-order valence-corrected chi connectivity index (χ0v) is 14.6. The molecule has 0 unspecified atom stereocenters. The van der Waals surface area contributed by atoms with Crippen molar-refractivity contribution < 1.29 is 13.2 Å². The highest BCUT2D eigenvalue weighted by molar-refractivity contribution is 7.92. The summed E-state index contributed by atoms with van der Waals surface area (Å²) in [6, 6.07) is 11.1. The summed E-state index contributed by atoms with van der Waals surface area (Å²) in [5.74, 6) is -0.257. The number of hydrogen-bond acceptors (Lipinski definition) is 3. The van der Waals surface area contributed by atoms with E-state index in [1.54, 1.807) is 30.3 Å². The molecule has 126 valence electrons. The van der Waals surface area contributed by atoms with E-state index in [9.17, 15) is 13.2 Å². The van der Waals surface area contributed by atoms with Crippen LogP contribution < -0.4 is 10.0 Å². The molecule has 3 rings (SSSR count). The highest BCUT2D eigenvalue weighted by Crippen LogP contribution is 2.23. The average Bonchev–Trinajstić information content (AvgIpc) is 3.35. The second-order valence-corrected chi connectivity index (χ2v) is 7.93. The van der Waals surface area contributed by atoms with E-state index in [2.05, 4.69) is 10.0 Å². The molecule has 0 aliphatic heterocycles. The Kier molecular flexibility index (Phi) is 4.51. The van der Waals surface area contributed by atoms with Crippen LogP contribution in [-0.2, 0) is 10.0 Å². The van der Waals surface area contributed by atoms with Gasteiger partial charge in [-0.2, -0.15) is 0 Å². The van der Waals surface area contributed by atoms with Gasteiger partial charge in [0.25, 0.3) is 15.9 Å². The Hall–Kier alpha value is -2.05. The first kappa shape index (κ1) is 16.8. The molecular weight excluding hydrogens is 348 g/mol. The highest BCUT2D eigenvalue weighted by Gasteiger charge is 2.24. The molecule has 0 saturated heterocycles. The van der Waals surface area contributed by atoms with E-state index >= 15 is 0 Å². The highest BCUT2D eigenvalue weighted by atomic mass is 35.5. The number of halogens is 1. The summed E-state index contributed by atoms with van der Waals surface area (Å²) >= 11 is 6.02. The lowest BCUT2D eigenvalue weighted by molar-refractivity contribution is 0.0951. The number of hydrogen-bond donors (Lipinski definition) is 2. The van der Waals surface area contributed by atoms with Gasteiger partial charge in [-0.1, -0.05) is 23.7 Å². The average molecular weight is 365 g/mol. The first-order chi connectivity index (χ1) is 11.3. The summed E-state index contributed by atoms with van der Waals surface area (Å²) in [7, 11) is -3.80. The van der Waals surface area contributed by atoms with Crippen LogP contribution in [0.15, 0.2) is 47.4 Å². The van der Waals surface area contributed by atoms with Gasteiger partial charge in [-0.25, -0.2) is 8.42 Å². The fraction of sp³-hybridized carbons (Fsp3) is 0.235. The van der Waals surface area contributed by atoms with Gasteiger partial charge in [0.15, 0.2) is 0 Å². The zero-order chi connectivity index (χ0) is 17.3. The van der Waals surface area contributed by atoms with E-state index < -0.39 is 10.0 Å². The third kappa shape index (κ3) is 3.88. The summed E-state index contributed by atoms with van der Waals surface area (Å²) < 4.78 is 27.5. The van der Waals surface area contributed by atoms with Crippen molar-refractivity contribution in [1.82, 2.24) is 5.32 Å². The molecule has 5 nitrogen and oxygen atoms in total. The Labute approximate surface area is 146 Å². The van der Waals surface area contributed by atoms with Crippen LogP contribution in [-0.4, -0.2) is 20.4 Å². The predicted molar refractivity (Wildman–Crippen MR) is 93.9 cm³/mol. The minimum atomic E-state index is -3.80. The van der Waals surface area contributed by atoms with E-state index in [-0.39, 0.29) is 16.8 Å². The summed E-state index contributed by atoms with van der Waals surface area (Å²) in [5.41, 5.74) is 1.56. The number of nitrogens with one attached hydrogen (secondary N) is 2. The van der Waals surface area contributed by atoms with E-state index in [1.165, 1.54) is 12.1 Å². The van der Waals surface area contributed by atoms with Crippen LogP contribution in [0.25, 0.3) is 0 Å². The zero-order valence-electron chi connectivity index (χ0n) is 13.0. The van der Waals surface area contributed by atoms with Crippen LogP contribution in [0.1, 0.15) is 28.8 Å². The van der Waals surface area contributed by atoms with Gasteiger partial charge in [0.2, 0.25) is 0 Å². The largest absolute Gasteiger partial charge is 0.349 e. The first-order valence-corrected chi connectivity index (χ1v) is 9.41. The Morgan fingerprint density at radius 1 is 1.17 bits per heavy atom. The molecule has 2 N–H and O–H groups in total. The van der Waals surface area contributed by atoms with Crippen molar-refractivity contribution in [2.75, 3.05) is 4.72 Å². The number of anilines is 1. The third-order valence-electron chi connectivity index (χ3n) is 3.74. The topological polar surface area (TPSA) is 75.3 Å². The molecule has 0 bridgehead atoms. The van der Waals surface area contributed by atoms with Crippen LogP contribution in [0, 0.1) is 6.92 Å². The summed E-state index contributed by atoms with van der Waals surface area (Å²) in [6.45, 7) is 1.84. The Morgan fingerprint density at radius 3 is 2.58 bits per heavy atom. The number of sulfonamides is 1. The van der Waals surface area contributed by atoms with Crippen molar-refractivity contribution in [2.24, 2.45) is 0 Å². The van der Waals surface area contributed by atoms with E-state index in [4.69, 9.17) is 11.6 Å². The number of carbonyl (C=O) groups is 1. The normalized spacial score (nSPS) is 14.2. The molecular formula is C17H17ClN2O3S. The van der Waals surface area contributed by atoms with Crippen molar-refractivity contribution >= 4 is 33.2 Å². The molecule has 1 amide bonds. The van der Waals surface area contributed by atoms with Crippen molar-refractivity contribution in [2.45, 2.75) is 30.7 Å². The molecule has 1 aliphatic rings. The second kappa shape index (κ2) is 6.45. The fourth-order valence-corrected chi connectivity index (χ4v) is 3.45. The molecule has 1 saturated carbocycles. The van der Waals surface area contributed by atoms with Gasteiger partial charge in [0, 0.05) is 16.6 Å². The van der Waals surface area contributed by atoms with Crippen LogP contribution in [0.4, 0.5) is 5.69 Å². The number of carbonyl (C=O) groups excluding carboxylic acids is 1. The Morgan fingerprint density at radius 2 is 1.92 bits per heavy atom. The minimum Gasteiger partial charge on any atom is -0.349 e. The quantitative estimate of drug-likeness (QED) is 0.854. The van der Waals surface area contributed by atoms with E-state index in [1.807, 2.05) is 6.92 Å². The lowest BCUT2D eigenvalue weighted by atomic mass is 10.2. The molecule has 1 aliphatic carbocycles. The molecule has 0 heterocycles. The molecule has 0 aromatic heterocycles. The van der Waals surface area contributed by atoms with E-state index in [0.29, 0.717) is 16.3 Å². The molecule has 2 aromatic rings. The smallest absolute Gasteiger partial charge is 0.261 e. The monoisotopic (exact) mass is 364 g/mol. The van der Waals surface area contributed by atoms with Gasteiger partial charge in [0.05, 0.1) is 10.6 Å². The van der Waals surface area contributed by atoms with E-state index in [0.717, 1.165) is 18.4 Å². The number of rotatable bonds is 5. The molecule has 7 heteroatoms. The van der Waals surface area contributed by atoms with Gasteiger partial charge < -0.3 is 5.32 Å². The fourth-order valence-electron chi connectivity index (χ4n) is 2.17. The van der Waals surface area contributed by atoms with Crippen LogP contribution in [0.5, 0.6) is 0 Å². The molecule has 2 aromatic carbocycles. The lowest BCUT2D eigenvalue weighted by Gasteiger charge is -2.10. The molecule has 24 heavy (non-hydrogen) atoms. The maximum atomic E-state index is 12.5. The van der Waals surface area contributed by atoms with Gasteiger partial charge in [-0.3, -0.25) is 9.52 Å². The summed E-state index contributed by atoms with van der Waals surface area (Å²) in [5, 5.41) is 3.32. The standard InChI is InChI=1S/C17H17ClN2O3S/c1-11-5-6-14(10-16(11)18)20-24(22,23)15-4-2-3-12(9-15)17(21)19-13-7-8-13/h2-6,9-10,13,20H,7-8H2,1H3,(H,19,21). The Balaban J connectivity index is 1.83. The maximum Gasteiger partial charge on any atom is 0.261 e. The molecule has 0 radical (unpaired) electrons. The van der Waals surface area contributed by atoms with Gasteiger partial charge in [-0.15, -0.1) is 0 Å². The summed E-state index contributed by atoms with van der Waals surface area (Å²) in [4.78, 5) is 12.1. The lowest BCUT2D eigenvalue weighted by Crippen LogP contribution is -2.25. The van der Waals surface area contributed by atoms with Crippen molar-refractivity contribution in [3.8, 4) is 0 Å². The van der Waals surface area contributed by atoms with Crippen molar-refractivity contribution in [3.05, 3.63) is 58.6 Å². The number of aryl methyl sites for hydroxylation is 1. The third-order valence-corrected chi connectivity index (χ3v) is 5.53. The van der Waals surface area contributed by atoms with Gasteiger partial charge in [0.1, 0.15) is 0 Å². The molecule has 1 fully saturated rings. The van der Waals surface area contributed by atoms with Crippen LogP contribution in [0.2, 0.25) is 5.02 Å².